The van der Waals surface area contributed by atoms with Gasteiger partial charge in [0.1, 0.15) is 6.04 Å². The van der Waals surface area contributed by atoms with Crippen LogP contribution in [-0.2, 0) is 14.8 Å². The molecule has 0 saturated heterocycles. The van der Waals surface area contributed by atoms with E-state index in [-0.39, 0.29) is 11.9 Å². The van der Waals surface area contributed by atoms with Crippen LogP contribution >= 0.6 is 11.6 Å². The Morgan fingerprint density at radius 1 is 1.15 bits per heavy atom. The number of benzene rings is 2. The molecule has 0 aliphatic carbocycles. The number of rotatable bonds is 7. The lowest BCUT2D eigenvalue weighted by Crippen LogP contribution is -2.48. The summed E-state index contributed by atoms with van der Waals surface area (Å²) in [5.41, 5.74) is 1.33. The van der Waals surface area contributed by atoms with Crippen LogP contribution in [0.3, 0.4) is 0 Å². The summed E-state index contributed by atoms with van der Waals surface area (Å²) in [5, 5.41) is 3.34. The molecule has 0 saturated carbocycles. The summed E-state index contributed by atoms with van der Waals surface area (Å²) < 4.78 is 25.7. The van der Waals surface area contributed by atoms with Crippen molar-refractivity contribution in [2.75, 3.05) is 10.6 Å². The van der Waals surface area contributed by atoms with Crippen LogP contribution in [0.15, 0.2) is 54.6 Å². The number of carbonyl (C=O) groups is 1. The molecule has 0 radical (unpaired) electrons. The fourth-order valence-electron chi connectivity index (χ4n) is 2.82. The molecule has 7 heteroatoms. The van der Waals surface area contributed by atoms with Crippen molar-refractivity contribution < 1.29 is 13.2 Å². The zero-order valence-electron chi connectivity index (χ0n) is 15.0. The molecule has 5 nitrogen and oxygen atoms in total. The monoisotopic (exact) mass is 394 g/mol. The molecule has 0 fully saturated rings. The predicted octanol–water partition coefficient (Wildman–Crippen LogP) is 3.76. The SMILES string of the molecule is CCC(NC(=O)C(C)N(c1cccc(Cl)c1)S(C)(=O)=O)c1ccccc1. The van der Waals surface area contributed by atoms with Gasteiger partial charge in [0.2, 0.25) is 15.9 Å². The molecule has 2 unspecified atom stereocenters. The van der Waals surface area contributed by atoms with Crippen LogP contribution in [0, 0.1) is 0 Å². The average Bonchev–Trinajstić information content (AvgIpc) is 2.59. The Bertz CT molecular complexity index is 856. The maximum Gasteiger partial charge on any atom is 0.244 e. The highest BCUT2D eigenvalue weighted by Gasteiger charge is 2.30. The summed E-state index contributed by atoms with van der Waals surface area (Å²) in [5.74, 6) is -0.369. The third kappa shape index (κ3) is 4.99. The Labute approximate surface area is 160 Å². The zero-order valence-corrected chi connectivity index (χ0v) is 16.6. The molecule has 2 aromatic rings. The molecule has 0 aliphatic heterocycles. The molecule has 1 N–H and O–H groups in total. The first-order valence-corrected chi connectivity index (χ1v) is 10.6. The first-order valence-electron chi connectivity index (χ1n) is 8.34. The number of carbonyl (C=O) groups excluding carboxylic acids is 1. The molecule has 0 aliphatic rings. The van der Waals surface area contributed by atoms with Crippen molar-refractivity contribution in [2.24, 2.45) is 0 Å². The number of nitrogens with one attached hydrogen (secondary N) is 1. The summed E-state index contributed by atoms with van der Waals surface area (Å²) in [7, 11) is -3.67. The van der Waals surface area contributed by atoms with Gasteiger partial charge in [-0.05, 0) is 37.1 Å². The van der Waals surface area contributed by atoms with Crippen molar-refractivity contribution in [2.45, 2.75) is 32.4 Å². The summed E-state index contributed by atoms with van der Waals surface area (Å²) in [6.07, 6.45) is 1.77. The van der Waals surface area contributed by atoms with Gasteiger partial charge < -0.3 is 5.32 Å². The van der Waals surface area contributed by atoms with Gasteiger partial charge in [0.05, 0.1) is 18.0 Å². The minimum absolute atomic E-state index is 0.188. The van der Waals surface area contributed by atoms with Crippen LogP contribution in [0.4, 0.5) is 5.69 Å². The Balaban J connectivity index is 2.28. The minimum Gasteiger partial charge on any atom is -0.347 e. The molecule has 26 heavy (non-hydrogen) atoms. The molecule has 2 rings (SSSR count). The van der Waals surface area contributed by atoms with Crippen LogP contribution in [0.1, 0.15) is 31.9 Å². The molecule has 0 aromatic heterocycles. The Morgan fingerprint density at radius 3 is 2.35 bits per heavy atom. The molecule has 0 bridgehead atoms. The fourth-order valence-corrected chi connectivity index (χ4v) is 4.17. The van der Waals surface area contributed by atoms with Crippen LogP contribution in [-0.4, -0.2) is 26.6 Å². The van der Waals surface area contributed by atoms with E-state index >= 15 is 0 Å². The maximum atomic E-state index is 12.8. The molecule has 140 valence electrons. The molecule has 2 aromatic carbocycles. The lowest BCUT2D eigenvalue weighted by molar-refractivity contribution is -0.122. The summed E-state index contributed by atoms with van der Waals surface area (Å²) in [6.45, 7) is 3.53. The predicted molar refractivity (Wildman–Crippen MR) is 106 cm³/mol. The molecule has 0 heterocycles. The molecular weight excluding hydrogens is 372 g/mol. The second kappa shape index (κ2) is 8.56. The normalized spacial score (nSPS) is 13.7. The number of nitrogens with zero attached hydrogens (tertiary/aromatic N) is 1. The van der Waals surface area contributed by atoms with E-state index < -0.39 is 16.1 Å². The maximum absolute atomic E-state index is 12.8. The highest BCUT2D eigenvalue weighted by molar-refractivity contribution is 7.92. The largest absolute Gasteiger partial charge is 0.347 e. The quantitative estimate of drug-likeness (QED) is 0.777. The number of hydrogen-bond acceptors (Lipinski definition) is 3. The highest BCUT2D eigenvalue weighted by atomic mass is 35.5. The van der Waals surface area contributed by atoms with Crippen molar-refractivity contribution in [3.63, 3.8) is 0 Å². The third-order valence-electron chi connectivity index (χ3n) is 4.08. The second-order valence-electron chi connectivity index (χ2n) is 6.09. The zero-order chi connectivity index (χ0) is 19.3. The molecule has 2 atom stereocenters. The number of sulfonamides is 1. The second-order valence-corrected chi connectivity index (χ2v) is 8.39. The fraction of sp³-hybridized carbons (Fsp3) is 0.316. The van der Waals surface area contributed by atoms with E-state index in [1.165, 1.54) is 6.07 Å². The Kier molecular flexibility index (Phi) is 6.67. The van der Waals surface area contributed by atoms with Gasteiger partial charge in [-0.2, -0.15) is 0 Å². The minimum atomic E-state index is -3.67. The van der Waals surface area contributed by atoms with Crippen molar-refractivity contribution >= 4 is 33.2 Å². The number of amides is 1. The third-order valence-corrected chi connectivity index (χ3v) is 5.55. The highest BCUT2D eigenvalue weighted by Crippen LogP contribution is 2.25. The lowest BCUT2D eigenvalue weighted by Gasteiger charge is -2.30. The number of halogens is 1. The van der Waals surface area contributed by atoms with Gasteiger partial charge >= 0.3 is 0 Å². The van der Waals surface area contributed by atoms with Gasteiger partial charge in [-0.1, -0.05) is 54.9 Å². The number of hydrogen-bond donors (Lipinski definition) is 1. The van der Waals surface area contributed by atoms with Crippen molar-refractivity contribution in [3.8, 4) is 0 Å². The van der Waals surface area contributed by atoms with Crippen LogP contribution in [0.5, 0.6) is 0 Å². The summed E-state index contributed by atoms with van der Waals surface area (Å²) >= 11 is 5.99. The van der Waals surface area contributed by atoms with Gasteiger partial charge in [-0.25, -0.2) is 8.42 Å². The van der Waals surface area contributed by atoms with Crippen molar-refractivity contribution in [1.29, 1.82) is 0 Å². The van der Waals surface area contributed by atoms with E-state index in [1.54, 1.807) is 25.1 Å². The van der Waals surface area contributed by atoms with Gasteiger partial charge in [-0.3, -0.25) is 9.10 Å². The standard InChI is InChI=1S/C19H23ClN2O3S/c1-4-18(15-9-6-5-7-10-15)21-19(23)14(2)22(26(3,24)25)17-12-8-11-16(20)13-17/h5-14,18H,4H2,1-3H3,(H,21,23). The molecule has 0 spiro atoms. The number of anilines is 1. The van der Waals surface area contributed by atoms with E-state index in [1.807, 2.05) is 37.3 Å². The van der Waals surface area contributed by atoms with E-state index in [2.05, 4.69) is 5.32 Å². The topological polar surface area (TPSA) is 66.5 Å². The van der Waals surface area contributed by atoms with Gasteiger partial charge in [0.25, 0.3) is 0 Å². The molecular formula is C19H23ClN2O3S. The first-order chi connectivity index (χ1) is 12.2. The van der Waals surface area contributed by atoms with Crippen LogP contribution in [0.2, 0.25) is 5.02 Å². The average molecular weight is 395 g/mol. The van der Waals surface area contributed by atoms with Crippen molar-refractivity contribution in [1.82, 2.24) is 5.32 Å². The van der Waals surface area contributed by atoms with E-state index in [4.69, 9.17) is 11.6 Å². The van der Waals surface area contributed by atoms with Gasteiger partial charge in [-0.15, -0.1) is 0 Å². The Hall–Kier alpha value is -2.05. The summed E-state index contributed by atoms with van der Waals surface area (Å²) in [6, 6.07) is 14.9. The van der Waals surface area contributed by atoms with Crippen molar-refractivity contribution in [3.05, 3.63) is 65.2 Å². The lowest BCUT2D eigenvalue weighted by atomic mass is 10.0. The first kappa shape index (κ1) is 20.3. The van der Waals surface area contributed by atoms with Gasteiger partial charge in [0, 0.05) is 5.02 Å². The van der Waals surface area contributed by atoms with E-state index in [0.29, 0.717) is 17.1 Å². The van der Waals surface area contributed by atoms with Crippen LogP contribution in [0.25, 0.3) is 0 Å². The van der Waals surface area contributed by atoms with E-state index in [9.17, 15) is 13.2 Å². The smallest absolute Gasteiger partial charge is 0.244 e. The van der Waals surface area contributed by atoms with Crippen LogP contribution < -0.4 is 9.62 Å². The Morgan fingerprint density at radius 2 is 1.81 bits per heavy atom. The summed E-state index contributed by atoms with van der Waals surface area (Å²) in [4.78, 5) is 12.8. The van der Waals surface area contributed by atoms with Gasteiger partial charge in [0.15, 0.2) is 0 Å². The molecule has 1 amide bonds. The van der Waals surface area contributed by atoms with E-state index in [0.717, 1.165) is 16.1 Å².